The predicted molar refractivity (Wildman–Crippen MR) is 141 cm³/mol. The number of methoxy groups -OCH3 is 1. The molecule has 0 aliphatic carbocycles. The highest BCUT2D eigenvalue weighted by molar-refractivity contribution is 6.02. The van der Waals surface area contributed by atoms with Crippen LogP contribution in [0.5, 0.6) is 0 Å². The van der Waals surface area contributed by atoms with Crippen molar-refractivity contribution in [2.24, 2.45) is 0 Å². The second kappa shape index (κ2) is 12.0. The number of nitrogens with zero attached hydrogens (tertiary/aromatic N) is 6. The van der Waals surface area contributed by atoms with Gasteiger partial charge in [0, 0.05) is 63.6 Å². The van der Waals surface area contributed by atoms with Gasteiger partial charge in [-0.3, -0.25) is 19.8 Å². The third-order valence-corrected chi connectivity index (χ3v) is 6.80. The van der Waals surface area contributed by atoms with Crippen LogP contribution in [0.4, 0.5) is 22.1 Å². The van der Waals surface area contributed by atoms with Crippen molar-refractivity contribution < 1.29 is 19.1 Å². The van der Waals surface area contributed by atoms with Crippen LogP contribution in [0.1, 0.15) is 40.0 Å². The maximum absolute atomic E-state index is 13.2. The zero-order valence-corrected chi connectivity index (χ0v) is 21.9. The van der Waals surface area contributed by atoms with E-state index in [2.05, 4.69) is 26.7 Å². The Balaban J connectivity index is 1.53. The topological polar surface area (TPSA) is 144 Å². The summed E-state index contributed by atoms with van der Waals surface area (Å²) in [6, 6.07) is 5.26. The lowest BCUT2D eigenvalue weighted by molar-refractivity contribution is -0.128. The number of nitriles is 1. The molecule has 1 atom stereocenters. The number of hydrogen-bond donors (Lipinski definition) is 2. The van der Waals surface area contributed by atoms with Gasteiger partial charge in [0.05, 0.1) is 17.9 Å². The summed E-state index contributed by atoms with van der Waals surface area (Å²) in [5.41, 5.74) is 2.62. The van der Waals surface area contributed by atoms with E-state index in [1.807, 2.05) is 25.1 Å². The van der Waals surface area contributed by atoms with Crippen molar-refractivity contribution in [3.8, 4) is 6.07 Å². The lowest BCUT2D eigenvalue weighted by atomic mass is 10.0. The van der Waals surface area contributed by atoms with Crippen molar-refractivity contribution in [2.45, 2.75) is 31.8 Å². The number of amides is 3. The Morgan fingerprint density at radius 3 is 2.87 bits per heavy atom. The van der Waals surface area contributed by atoms with E-state index in [0.29, 0.717) is 74.5 Å². The van der Waals surface area contributed by atoms with Crippen LogP contribution in [0, 0.1) is 11.3 Å². The second-order valence-electron chi connectivity index (χ2n) is 9.56. The molecule has 0 bridgehead atoms. The number of rotatable bonds is 9. The fourth-order valence-electron chi connectivity index (χ4n) is 4.66. The monoisotopic (exact) mass is 520 g/mol. The van der Waals surface area contributed by atoms with E-state index in [0.717, 1.165) is 12.0 Å². The van der Waals surface area contributed by atoms with Gasteiger partial charge in [0.2, 0.25) is 5.91 Å². The van der Waals surface area contributed by atoms with Crippen LogP contribution in [0.2, 0.25) is 0 Å². The first-order valence-corrected chi connectivity index (χ1v) is 12.5. The summed E-state index contributed by atoms with van der Waals surface area (Å²) in [5.74, 6) is 0.743. The number of anilines is 3. The summed E-state index contributed by atoms with van der Waals surface area (Å²) in [6.45, 7) is 2.26. The summed E-state index contributed by atoms with van der Waals surface area (Å²) in [5, 5.41) is 15.2. The molecule has 0 aromatic carbocycles. The number of pyridine rings is 2. The quantitative estimate of drug-likeness (QED) is 0.374. The molecule has 12 heteroatoms. The highest BCUT2D eigenvalue weighted by Gasteiger charge is 2.32. The average molecular weight is 521 g/mol. The van der Waals surface area contributed by atoms with Crippen molar-refractivity contribution in [1.82, 2.24) is 19.8 Å². The number of aldehydes is 1. The zero-order valence-electron chi connectivity index (χ0n) is 21.9. The van der Waals surface area contributed by atoms with Gasteiger partial charge in [0.1, 0.15) is 23.4 Å². The first kappa shape index (κ1) is 27.0. The molecule has 2 aromatic rings. The fourth-order valence-corrected chi connectivity index (χ4v) is 4.66. The highest BCUT2D eigenvalue weighted by atomic mass is 16.5. The molecular formula is C26H32N8O4. The molecule has 0 saturated carbocycles. The van der Waals surface area contributed by atoms with Gasteiger partial charge in [-0.1, -0.05) is 0 Å². The zero-order chi connectivity index (χ0) is 27.2. The Hall–Kier alpha value is -4.08. The Morgan fingerprint density at radius 2 is 2.18 bits per heavy atom. The Labute approximate surface area is 221 Å². The van der Waals surface area contributed by atoms with Gasteiger partial charge in [-0.15, -0.1) is 0 Å². The standard InChI is InChI=1S/C26H32N8O4/c1-32(2)20-10-24(36)33(15-20)14-18-9-17-5-4-7-34(25(17)30-22(18)16-35)26(37)31-23-11-21(28-6-8-38-3)19(12-27)13-29-23/h9,11,13,16,20H,4-8,10,14-15H2,1-3H3,(H2,28,29,31,37). The normalized spacial score (nSPS) is 16.8. The number of likely N-dealkylation sites (N-methyl/N-ethyl adjacent to an activating group) is 1. The highest BCUT2D eigenvalue weighted by Crippen LogP contribution is 2.29. The molecule has 4 rings (SSSR count). The molecule has 4 heterocycles. The van der Waals surface area contributed by atoms with E-state index in [1.165, 1.54) is 11.1 Å². The van der Waals surface area contributed by atoms with E-state index in [1.54, 1.807) is 18.1 Å². The SMILES string of the molecule is COCCNc1cc(NC(=O)N2CCCc3cc(CN4CC(N(C)C)CC4=O)c(C=O)nc32)ncc1C#N. The van der Waals surface area contributed by atoms with Crippen LogP contribution >= 0.6 is 0 Å². The van der Waals surface area contributed by atoms with Crippen molar-refractivity contribution in [3.63, 3.8) is 0 Å². The largest absolute Gasteiger partial charge is 0.383 e. The minimum Gasteiger partial charge on any atom is -0.383 e. The van der Waals surface area contributed by atoms with Gasteiger partial charge in [0.25, 0.3) is 0 Å². The van der Waals surface area contributed by atoms with E-state index in [-0.39, 0.29) is 23.5 Å². The molecule has 2 N–H and O–H groups in total. The third kappa shape index (κ3) is 5.90. The van der Waals surface area contributed by atoms with Crippen LogP contribution in [-0.4, -0.2) is 91.5 Å². The maximum Gasteiger partial charge on any atom is 0.328 e. The summed E-state index contributed by atoms with van der Waals surface area (Å²) >= 11 is 0. The number of aromatic nitrogens is 2. The van der Waals surface area contributed by atoms with Crippen LogP contribution in [0.25, 0.3) is 0 Å². The van der Waals surface area contributed by atoms with Gasteiger partial charge >= 0.3 is 6.03 Å². The molecule has 1 saturated heterocycles. The number of carbonyl (C=O) groups is 3. The summed E-state index contributed by atoms with van der Waals surface area (Å²) in [7, 11) is 5.48. The molecule has 38 heavy (non-hydrogen) atoms. The Bertz CT molecular complexity index is 1260. The van der Waals surface area contributed by atoms with E-state index in [4.69, 9.17) is 4.74 Å². The number of likely N-dealkylation sites (tertiary alicyclic amines) is 1. The van der Waals surface area contributed by atoms with Crippen LogP contribution in [0.3, 0.4) is 0 Å². The van der Waals surface area contributed by atoms with Crippen molar-refractivity contribution in [2.75, 3.05) is 63.0 Å². The summed E-state index contributed by atoms with van der Waals surface area (Å²) in [6.07, 6.45) is 3.94. The number of fused-ring (bicyclic) bond motifs is 1. The van der Waals surface area contributed by atoms with Crippen LogP contribution in [-0.2, 0) is 22.5 Å². The van der Waals surface area contributed by atoms with E-state index < -0.39 is 6.03 Å². The van der Waals surface area contributed by atoms with Crippen molar-refractivity contribution in [1.29, 1.82) is 5.26 Å². The number of ether oxygens (including phenoxy) is 1. The van der Waals surface area contributed by atoms with E-state index >= 15 is 0 Å². The van der Waals surface area contributed by atoms with Gasteiger partial charge in [0.15, 0.2) is 6.29 Å². The van der Waals surface area contributed by atoms with Crippen molar-refractivity contribution >= 4 is 35.5 Å². The average Bonchev–Trinajstić information content (AvgIpc) is 3.28. The number of urea groups is 1. The number of carbonyl (C=O) groups excluding carboxylic acids is 3. The smallest absolute Gasteiger partial charge is 0.328 e. The minimum absolute atomic E-state index is 0.0465. The molecular weight excluding hydrogens is 488 g/mol. The van der Waals surface area contributed by atoms with Crippen LogP contribution in [0.15, 0.2) is 18.3 Å². The maximum atomic E-state index is 13.2. The van der Waals surface area contributed by atoms with E-state index in [9.17, 15) is 19.6 Å². The molecule has 200 valence electrons. The predicted octanol–water partition coefficient (Wildman–Crippen LogP) is 1.87. The Kier molecular flexibility index (Phi) is 8.50. The van der Waals surface area contributed by atoms with Crippen molar-refractivity contribution in [3.05, 3.63) is 40.7 Å². The molecule has 0 radical (unpaired) electrons. The molecule has 2 aliphatic heterocycles. The summed E-state index contributed by atoms with van der Waals surface area (Å²) < 4.78 is 5.04. The number of aryl methyl sites for hydroxylation is 1. The molecule has 2 aliphatic rings. The van der Waals surface area contributed by atoms with Gasteiger partial charge in [-0.05, 0) is 38.6 Å². The van der Waals surface area contributed by atoms with Gasteiger partial charge in [-0.2, -0.15) is 5.26 Å². The summed E-state index contributed by atoms with van der Waals surface area (Å²) in [4.78, 5) is 51.8. The first-order valence-electron chi connectivity index (χ1n) is 12.5. The van der Waals surface area contributed by atoms with Gasteiger partial charge in [-0.25, -0.2) is 14.8 Å². The Morgan fingerprint density at radius 1 is 1.37 bits per heavy atom. The lowest BCUT2D eigenvalue weighted by Gasteiger charge is -2.29. The molecule has 3 amide bonds. The fraction of sp³-hybridized carbons (Fsp3) is 0.462. The molecule has 1 fully saturated rings. The molecule has 2 aromatic heterocycles. The second-order valence-corrected chi connectivity index (χ2v) is 9.56. The first-order chi connectivity index (χ1) is 18.3. The third-order valence-electron chi connectivity index (χ3n) is 6.80. The molecule has 1 unspecified atom stereocenters. The minimum atomic E-state index is -0.438. The molecule has 0 spiro atoms. The van der Waals surface area contributed by atoms with Gasteiger partial charge < -0.3 is 19.9 Å². The molecule has 12 nitrogen and oxygen atoms in total. The van der Waals surface area contributed by atoms with Crippen LogP contribution < -0.4 is 15.5 Å². The number of hydrogen-bond acceptors (Lipinski definition) is 9. The number of nitrogens with one attached hydrogen (secondary N) is 2. The lowest BCUT2D eigenvalue weighted by Crippen LogP contribution is -2.40.